The first-order chi connectivity index (χ1) is 4.16. The maximum atomic E-state index is 2.39. The zero-order valence-electron chi connectivity index (χ0n) is 6.61. The highest BCUT2D eigenvalue weighted by Gasteiger charge is 2.31. The van der Waals surface area contributed by atoms with Crippen molar-refractivity contribution in [2.45, 2.75) is 50.0 Å². The molecular formula is C8H16S. The van der Waals surface area contributed by atoms with Crippen LogP contribution in [0.4, 0.5) is 0 Å². The van der Waals surface area contributed by atoms with Crippen LogP contribution >= 0.6 is 11.8 Å². The Morgan fingerprint density at radius 3 is 2.56 bits per heavy atom. The fourth-order valence-corrected chi connectivity index (χ4v) is 2.98. The Bertz CT molecular complexity index is 101. The van der Waals surface area contributed by atoms with Crippen molar-refractivity contribution < 1.29 is 0 Å². The summed E-state index contributed by atoms with van der Waals surface area (Å²) in [5.74, 6) is 0. The van der Waals surface area contributed by atoms with Gasteiger partial charge in [0.05, 0.1) is 0 Å². The lowest BCUT2D eigenvalue weighted by molar-refractivity contribution is 0.580. The van der Waals surface area contributed by atoms with E-state index in [-0.39, 0.29) is 0 Å². The molecule has 9 heavy (non-hydrogen) atoms. The Morgan fingerprint density at radius 2 is 2.33 bits per heavy atom. The van der Waals surface area contributed by atoms with Gasteiger partial charge in [-0.25, -0.2) is 0 Å². The van der Waals surface area contributed by atoms with Gasteiger partial charge in [-0.1, -0.05) is 20.8 Å². The smallest absolute Gasteiger partial charge is 0.0132 e. The van der Waals surface area contributed by atoms with Crippen LogP contribution in [0.2, 0.25) is 0 Å². The third-order valence-corrected chi connectivity index (χ3v) is 4.01. The standard InChI is InChI=1S/C8H16S/c1-4-8(3)6-5-7(2)9-8/h7H,4-6H2,1-3H3. The molecule has 2 atom stereocenters. The maximum absolute atomic E-state index is 2.39. The average Bonchev–Trinajstić information content (AvgIpc) is 2.13. The summed E-state index contributed by atoms with van der Waals surface area (Å²) >= 11 is 2.17. The number of hydrogen-bond donors (Lipinski definition) is 0. The summed E-state index contributed by atoms with van der Waals surface area (Å²) < 4.78 is 0.624. The summed E-state index contributed by atoms with van der Waals surface area (Å²) in [6.45, 7) is 7.03. The van der Waals surface area contributed by atoms with E-state index in [1.165, 1.54) is 19.3 Å². The zero-order chi connectivity index (χ0) is 6.91. The zero-order valence-corrected chi connectivity index (χ0v) is 7.42. The summed E-state index contributed by atoms with van der Waals surface area (Å²) in [6.07, 6.45) is 4.19. The van der Waals surface area contributed by atoms with Crippen LogP contribution in [0.15, 0.2) is 0 Å². The Morgan fingerprint density at radius 1 is 1.67 bits per heavy atom. The molecule has 0 spiro atoms. The molecule has 1 rings (SSSR count). The second-order valence-corrected chi connectivity index (χ2v) is 5.30. The van der Waals surface area contributed by atoms with Gasteiger partial charge in [-0.15, -0.1) is 0 Å². The van der Waals surface area contributed by atoms with Gasteiger partial charge in [0.2, 0.25) is 0 Å². The number of thioether (sulfide) groups is 1. The van der Waals surface area contributed by atoms with Crippen molar-refractivity contribution in [3.63, 3.8) is 0 Å². The van der Waals surface area contributed by atoms with Crippen molar-refractivity contribution in [2.75, 3.05) is 0 Å². The van der Waals surface area contributed by atoms with Crippen LogP contribution in [-0.4, -0.2) is 10.00 Å². The molecule has 0 aromatic rings. The fraction of sp³-hybridized carbons (Fsp3) is 1.00. The van der Waals surface area contributed by atoms with E-state index >= 15 is 0 Å². The van der Waals surface area contributed by atoms with E-state index < -0.39 is 0 Å². The van der Waals surface area contributed by atoms with Crippen molar-refractivity contribution in [3.8, 4) is 0 Å². The second-order valence-electron chi connectivity index (χ2n) is 3.27. The molecule has 54 valence electrons. The molecule has 0 saturated carbocycles. The van der Waals surface area contributed by atoms with Crippen molar-refractivity contribution >= 4 is 11.8 Å². The predicted octanol–water partition coefficient (Wildman–Crippen LogP) is 3.07. The molecule has 0 radical (unpaired) electrons. The van der Waals surface area contributed by atoms with Crippen LogP contribution in [0, 0.1) is 0 Å². The highest BCUT2D eigenvalue weighted by atomic mass is 32.2. The van der Waals surface area contributed by atoms with Crippen molar-refractivity contribution in [1.82, 2.24) is 0 Å². The van der Waals surface area contributed by atoms with Crippen molar-refractivity contribution in [2.24, 2.45) is 0 Å². The Balaban J connectivity index is 2.45. The van der Waals surface area contributed by atoms with Crippen LogP contribution in [0.3, 0.4) is 0 Å². The lowest BCUT2D eigenvalue weighted by Crippen LogP contribution is -2.12. The highest BCUT2D eigenvalue weighted by Crippen LogP contribution is 2.44. The summed E-state index contributed by atoms with van der Waals surface area (Å²) in [5, 5.41) is 0.912. The second kappa shape index (κ2) is 2.53. The Labute approximate surface area is 62.4 Å². The maximum Gasteiger partial charge on any atom is 0.0132 e. The van der Waals surface area contributed by atoms with Crippen LogP contribution in [0.1, 0.15) is 40.0 Å². The van der Waals surface area contributed by atoms with E-state index in [2.05, 4.69) is 32.5 Å². The monoisotopic (exact) mass is 144 g/mol. The van der Waals surface area contributed by atoms with E-state index in [1.54, 1.807) is 0 Å². The highest BCUT2D eigenvalue weighted by molar-refractivity contribution is 8.01. The summed E-state index contributed by atoms with van der Waals surface area (Å²) in [6, 6.07) is 0. The normalized spacial score (nSPS) is 43.7. The first-order valence-electron chi connectivity index (χ1n) is 3.84. The van der Waals surface area contributed by atoms with Gasteiger partial charge in [-0.2, -0.15) is 11.8 Å². The van der Waals surface area contributed by atoms with Crippen LogP contribution in [0.25, 0.3) is 0 Å². The van der Waals surface area contributed by atoms with Crippen LogP contribution in [0.5, 0.6) is 0 Å². The molecule has 0 amide bonds. The van der Waals surface area contributed by atoms with E-state index in [0.717, 1.165) is 5.25 Å². The summed E-state index contributed by atoms with van der Waals surface area (Å²) in [5.41, 5.74) is 0. The lowest BCUT2D eigenvalue weighted by atomic mass is 10.0. The van der Waals surface area contributed by atoms with Gasteiger partial charge in [0.25, 0.3) is 0 Å². The van der Waals surface area contributed by atoms with E-state index in [1.807, 2.05) is 0 Å². The molecule has 1 fully saturated rings. The largest absolute Gasteiger partial charge is 0.152 e. The first kappa shape index (κ1) is 7.46. The van der Waals surface area contributed by atoms with Gasteiger partial charge in [-0.05, 0) is 19.3 Å². The fourth-order valence-electron chi connectivity index (χ4n) is 1.37. The third-order valence-electron chi connectivity index (χ3n) is 2.31. The summed E-state index contributed by atoms with van der Waals surface area (Å²) in [7, 11) is 0. The predicted molar refractivity (Wildman–Crippen MR) is 45.0 cm³/mol. The topological polar surface area (TPSA) is 0 Å². The minimum absolute atomic E-state index is 0.624. The molecular weight excluding hydrogens is 128 g/mol. The molecule has 1 heteroatoms. The van der Waals surface area contributed by atoms with Gasteiger partial charge in [0.1, 0.15) is 0 Å². The van der Waals surface area contributed by atoms with Gasteiger partial charge in [-0.3, -0.25) is 0 Å². The van der Waals surface area contributed by atoms with Gasteiger partial charge < -0.3 is 0 Å². The molecule has 1 aliphatic rings. The molecule has 1 aliphatic heterocycles. The van der Waals surface area contributed by atoms with E-state index in [0.29, 0.717) is 4.75 Å². The first-order valence-corrected chi connectivity index (χ1v) is 4.72. The Hall–Kier alpha value is 0.350. The number of hydrogen-bond acceptors (Lipinski definition) is 1. The minimum Gasteiger partial charge on any atom is -0.152 e. The van der Waals surface area contributed by atoms with Gasteiger partial charge in [0.15, 0.2) is 0 Å². The van der Waals surface area contributed by atoms with E-state index in [9.17, 15) is 0 Å². The molecule has 1 saturated heterocycles. The molecule has 0 N–H and O–H groups in total. The molecule has 2 unspecified atom stereocenters. The third kappa shape index (κ3) is 1.64. The molecule has 0 aliphatic carbocycles. The lowest BCUT2D eigenvalue weighted by Gasteiger charge is -2.20. The van der Waals surface area contributed by atoms with Crippen LogP contribution < -0.4 is 0 Å². The van der Waals surface area contributed by atoms with Gasteiger partial charge in [0, 0.05) is 10.00 Å². The van der Waals surface area contributed by atoms with Gasteiger partial charge >= 0.3 is 0 Å². The Kier molecular flexibility index (Phi) is 2.10. The van der Waals surface area contributed by atoms with Crippen molar-refractivity contribution in [1.29, 1.82) is 0 Å². The molecule has 0 aromatic carbocycles. The quantitative estimate of drug-likeness (QED) is 0.545. The number of rotatable bonds is 1. The van der Waals surface area contributed by atoms with Crippen LogP contribution in [-0.2, 0) is 0 Å². The summed E-state index contributed by atoms with van der Waals surface area (Å²) in [4.78, 5) is 0. The molecule has 0 bridgehead atoms. The molecule has 0 aromatic heterocycles. The molecule has 0 nitrogen and oxygen atoms in total. The van der Waals surface area contributed by atoms with Crippen molar-refractivity contribution in [3.05, 3.63) is 0 Å². The minimum atomic E-state index is 0.624. The SMILES string of the molecule is CCC1(C)CCC(C)S1. The van der Waals surface area contributed by atoms with E-state index in [4.69, 9.17) is 0 Å². The molecule has 1 heterocycles. The average molecular weight is 144 g/mol.